The molecule has 0 aliphatic heterocycles. The van der Waals surface area contributed by atoms with Crippen molar-refractivity contribution in [2.24, 2.45) is 0 Å². The molecule has 0 bridgehead atoms. The van der Waals surface area contributed by atoms with Crippen molar-refractivity contribution in [2.45, 2.75) is 6.42 Å². The summed E-state index contributed by atoms with van der Waals surface area (Å²) in [7, 11) is -0.916. The quantitative estimate of drug-likeness (QED) is 0.226. The van der Waals surface area contributed by atoms with Gasteiger partial charge in [-0.1, -0.05) is 6.07 Å². The van der Waals surface area contributed by atoms with E-state index < -0.39 is 27.6 Å². The third-order valence-corrected chi connectivity index (χ3v) is 9.42. The smallest absolute Gasteiger partial charge is 0.255 e. The number of aliphatic hydroxyl groups excluding tert-OH is 1. The van der Waals surface area contributed by atoms with Gasteiger partial charge in [0.15, 0.2) is 0 Å². The molecular formula is C34H27F2N5O5S. The molecule has 7 aromatic rings. The minimum Gasteiger partial charge on any atom is -0.455 e. The molecule has 0 saturated heterocycles. The fourth-order valence-corrected chi connectivity index (χ4v) is 6.42. The third-order valence-electron chi connectivity index (χ3n) is 8.23. The van der Waals surface area contributed by atoms with Crippen LogP contribution in [0.2, 0.25) is 0 Å². The Labute approximate surface area is 266 Å². The van der Waals surface area contributed by atoms with Gasteiger partial charge >= 0.3 is 0 Å². The lowest BCUT2D eigenvalue weighted by Crippen LogP contribution is -2.25. The van der Waals surface area contributed by atoms with Crippen LogP contribution in [-0.4, -0.2) is 60.8 Å². The Morgan fingerprint density at radius 2 is 1.77 bits per heavy atom. The molecule has 238 valence electrons. The number of sulfonamides is 1. The van der Waals surface area contributed by atoms with Crippen LogP contribution in [0.5, 0.6) is 0 Å². The second-order valence-electron chi connectivity index (χ2n) is 11.1. The number of benzene rings is 3. The Morgan fingerprint density at radius 1 is 1.00 bits per heavy atom. The number of hydrogen-bond acceptors (Lipinski definition) is 7. The normalized spacial score (nSPS) is 12.0. The molecule has 13 heteroatoms. The maximum Gasteiger partial charge on any atom is 0.255 e. The van der Waals surface area contributed by atoms with Crippen LogP contribution in [0, 0.1) is 11.6 Å². The van der Waals surface area contributed by atoms with E-state index in [1.54, 1.807) is 40.8 Å². The van der Waals surface area contributed by atoms with Gasteiger partial charge in [0.1, 0.15) is 34.3 Å². The lowest BCUT2D eigenvalue weighted by Gasteiger charge is -2.20. The van der Waals surface area contributed by atoms with Gasteiger partial charge in [-0.3, -0.25) is 13.5 Å². The molecule has 10 nitrogen and oxygen atoms in total. The van der Waals surface area contributed by atoms with Crippen molar-refractivity contribution in [2.75, 3.05) is 31.3 Å². The number of anilines is 1. The fourth-order valence-electron chi connectivity index (χ4n) is 5.92. The predicted molar refractivity (Wildman–Crippen MR) is 176 cm³/mol. The number of amides is 1. The van der Waals surface area contributed by atoms with Crippen molar-refractivity contribution in [3.05, 3.63) is 95.8 Å². The predicted octanol–water partition coefficient (Wildman–Crippen LogP) is 5.68. The zero-order valence-corrected chi connectivity index (χ0v) is 26.2. The van der Waals surface area contributed by atoms with E-state index in [4.69, 9.17) is 14.4 Å². The van der Waals surface area contributed by atoms with Crippen LogP contribution in [0.4, 0.5) is 14.5 Å². The van der Waals surface area contributed by atoms with E-state index in [0.29, 0.717) is 55.5 Å². The van der Waals surface area contributed by atoms with Gasteiger partial charge in [-0.25, -0.2) is 27.2 Å². The van der Waals surface area contributed by atoms with Crippen molar-refractivity contribution >= 4 is 60.0 Å². The van der Waals surface area contributed by atoms with Gasteiger partial charge in [-0.15, -0.1) is 0 Å². The Kier molecular flexibility index (Phi) is 7.17. The first kappa shape index (κ1) is 30.3. The first-order valence-electron chi connectivity index (χ1n) is 14.5. The molecule has 0 spiro atoms. The highest BCUT2D eigenvalue weighted by Crippen LogP contribution is 2.41. The molecule has 7 rings (SSSR count). The van der Waals surface area contributed by atoms with Gasteiger partial charge in [0.05, 0.1) is 46.4 Å². The number of fused-ring (bicyclic) bond motifs is 6. The molecule has 0 atom stereocenters. The third kappa shape index (κ3) is 4.95. The number of aliphatic hydroxyl groups is 1. The van der Waals surface area contributed by atoms with Crippen LogP contribution in [0.25, 0.3) is 61.0 Å². The van der Waals surface area contributed by atoms with Gasteiger partial charge in [0, 0.05) is 48.5 Å². The zero-order valence-electron chi connectivity index (χ0n) is 25.4. The largest absolute Gasteiger partial charge is 0.455 e. The summed E-state index contributed by atoms with van der Waals surface area (Å²) in [6, 6.07) is 18.4. The lowest BCUT2D eigenvalue weighted by molar-refractivity contribution is 0.0964. The highest BCUT2D eigenvalue weighted by Gasteiger charge is 2.27. The summed E-state index contributed by atoms with van der Waals surface area (Å²) in [4.78, 5) is 22.9. The lowest BCUT2D eigenvalue weighted by atomic mass is 10.0. The van der Waals surface area contributed by atoms with E-state index >= 15 is 0 Å². The second-order valence-corrected chi connectivity index (χ2v) is 13.1. The number of nitrogens with one attached hydrogen (secondary N) is 1. The van der Waals surface area contributed by atoms with E-state index in [0.717, 1.165) is 10.6 Å². The van der Waals surface area contributed by atoms with Crippen molar-refractivity contribution in [1.82, 2.24) is 19.7 Å². The van der Waals surface area contributed by atoms with E-state index in [9.17, 15) is 27.1 Å². The standard InChI is InChI=1S/C34H27F2N5O5S/c1-37-34(43)31-22-15-21(27(40(2)47(3,44)45)17-29(22)46-33(31)18-7-9-19(35)10-8-18)24-11-12-25-32(39-24)28-16-20-23(36)5-4-6-26(20)41(28)30(38-25)13-14-42/h4-12,15-17,42H,13-14H2,1-3H3,(H,37,43). The molecule has 4 aromatic heterocycles. The van der Waals surface area contributed by atoms with Crippen molar-refractivity contribution in [3.63, 3.8) is 0 Å². The Morgan fingerprint density at radius 3 is 2.47 bits per heavy atom. The number of aromatic nitrogens is 3. The first-order chi connectivity index (χ1) is 22.5. The number of rotatable bonds is 7. The molecular weight excluding hydrogens is 628 g/mol. The Balaban J connectivity index is 1.55. The monoisotopic (exact) mass is 655 g/mol. The number of pyridine rings is 1. The molecule has 0 radical (unpaired) electrons. The first-order valence-corrected chi connectivity index (χ1v) is 16.4. The van der Waals surface area contributed by atoms with Gasteiger partial charge in [-0.2, -0.15) is 0 Å². The topological polar surface area (TPSA) is 130 Å². The van der Waals surface area contributed by atoms with Crippen molar-refractivity contribution in [3.8, 4) is 22.6 Å². The highest BCUT2D eigenvalue weighted by molar-refractivity contribution is 7.92. The van der Waals surface area contributed by atoms with Gasteiger partial charge in [0.25, 0.3) is 5.91 Å². The summed E-state index contributed by atoms with van der Waals surface area (Å²) < 4.78 is 63.4. The Bertz CT molecular complexity index is 2510. The number of hydrogen-bond donors (Lipinski definition) is 2. The molecule has 4 heterocycles. The number of furan rings is 1. The fraction of sp³-hybridized carbons (Fsp3) is 0.147. The van der Waals surface area contributed by atoms with Crippen molar-refractivity contribution in [1.29, 1.82) is 0 Å². The number of carbonyl (C=O) groups is 1. The molecule has 1 amide bonds. The molecule has 3 aromatic carbocycles. The molecule has 0 aliphatic carbocycles. The van der Waals surface area contributed by atoms with Crippen LogP contribution in [-0.2, 0) is 16.4 Å². The van der Waals surface area contributed by atoms with Crippen LogP contribution in [0.15, 0.2) is 77.2 Å². The van der Waals surface area contributed by atoms with E-state index in [2.05, 4.69) is 5.32 Å². The van der Waals surface area contributed by atoms with E-state index in [-0.39, 0.29) is 35.6 Å². The van der Waals surface area contributed by atoms with E-state index in [1.807, 2.05) is 0 Å². The minimum atomic E-state index is -3.79. The SMILES string of the molecule is CNC(=O)c1c(-c2ccc(F)cc2)oc2cc(N(C)S(C)(=O)=O)c(-c3ccc4nc(CCO)n5c6cccc(F)c6cc5c4n3)cc12. The summed E-state index contributed by atoms with van der Waals surface area (Å²) in [5.74, 6) is -0.648. The highest BCUT2D eigenvalue weighted by atomic mass is 32.2. The average Bonchev–Trinajstić information content (AvgIpc) is 3.63. The summed E-state index contributed by atoms with van der Waals surface area (Å²) in [5.41, 5.74) is 3.80. The van der Waals surface area contributed by atoms with Crippen LogP contribution in [0.3, 0.4) is 0 Å². The number of carbonyl (C=O) groups excluding carboxylic acids is 1. The number of halogens is 2. The van der Waals surface area contributed by atoms with Gasteiger partial charge < -0.3 is 14.8 Å². The summed E-state index contributed by atoms with van der Waals surface area (Å²) in [5, 5.41) is 13.1. The van der Waals surface area contributed by atoms with Gasteiger partial charge in [0.2, 0.25) is 10.0 Å². The molecule has 2 N–H and O–H groups in total. The molecule has 0 saturated carbocycles. The molecule has 0 fully saturated rings. The van der Waals surface area contributed by atoms with E-state index in [1.165, 1.54) is 50.5 Å². The maximum atomic E-state index is 14.9. The minimum absolute atomic E-state index is 0.173. The zero-order chi connectivity index (χ0) is 33.2. The van der Waals surface area contributed by atoms with Crippen molar-refractivity contribution < 1.29 is 31.5 Å². The van der Waals surface area contributed by atoms with Crippen LogP contribution < -0.4 is 9.62 Å². The molecule has 0 aliphatic rings. The van der Waals surface area contributed by atoms with Crippen LogP contribution >= 0.6 is 0 Å². The maximum absolute atomic E-state index is 14.9. The average molecular weight is 656 g/mol. The number of nitrogens with zero attached hydrogens (tertiary/aromatic N) is 4. The molecule has 0 unspecified atom stereocenters. The summed E-state index contributed by atoms with van der Waals surface area (Å²) >= 11 is 0. The Hall–Kier alpha value is -5.40. The van der Waals surface area contributed by atoms with Gasteiger partial charge in [-0.05, 0) is 60.7 Å². The summed E-state index contributed by atoms with van der Waals surface area (Å²) in [6.07, 6.45) is 1.28. The van der Waals surface area contributed by atoms with Crippen LogP contribution in [0.1, 0.15) is 16.2 Å². The second kappa shape index (κ2) is 11.1. The summed E-state index contributed by atoms with van der Waals surface area (Å²) in [6.45, 7) is -0.173. The molecule has 47 heavy (non-hydrogen) atoms.